The Kier molecular flexibility index (Phi) is 4.94. The molecule has 1 aromatic heterocycles. The summed E-state index contributed by atoms with van der Waals surface area (Å²) in [6.07, 6.45) is 6.55. The minimum Gasteiger partial charge on any atom is -0.340 e. The minimum absolute atomic E-state index is 0.00374. The van der Waals surface area contributed by atoms with Crippen LogP contribution in [0.5, 0.6) is 0 Å². The maximum Gasteiger partial charge on any atom is 0.254 e. The highest BCUT2D eigenvalue weighted by atomic mass is 16.2. The lowest BCUT2D eigenvalue weighted by molar-refractivity contribution is -0.119. The largest absolute Gasteiger partial charge is 0.340 e. The molecule has 0 radical (unpaired) electrons. The molecule has 1 unspecified atom stereocenters. The maximum absolute atomic E-state index is 13.5. The van der Waals surface area contributed by atoms with Crippen LogP contribution in [-0.4, -0.2) is 33.9 Å². The molecule has 0 bridgehead atoms. The quantitative estimate of drug-likeness (QED) is 0.602. The highest BCUT2D eigenvalue weighted by Crippen LogP contribution is 2.42. The van der Waals surface area contributed by atoms with E-state index in [0.29, 0.717) is 18.1 Å². The van der Waals surface area contributed by atoms with E-state index < -0.39 is 0 Å². The Hall–Kier alpha value is -3.94. The number of anilines is 6. The Morgan fingerprint density at radius 1 is 1.06 bits per heavy atom. The van der Waals surface area contributed by atoms with Gasteiger partial charge in [-0.3, -0.25) is 14.5 Å². The Morgan fingerprint density at radius 3 is 2.65 bits per heavy atom. The maximum atomic E-state index is 13.5. The molecule has 0 saturated heterocycles. The van der Waals surface area contributed by atoms with Crippen molar-refractivity contribution in [3.05, 3.63) is 60.3 Å². The van der Waals surface area contributed by atoms with Crippen LogP contribution in [0.4, 0.5) is 34.5 Å². The summed E-state index contributed by atoms with van der Waals surface area (Å²) in [7, 11) is 0. The van der Waals surface area contributed by atoms with Gasteiger partial charge in [-0.05, 0) is 55.7 Å². The summed E-state index contributed by atoms with van der Waals surface area (Å²) in [6.45, 7) is 1.97. The normalized spacial score (nSPS) is 19.7. The fraction of sp³-hybridized carbons (Fsp3) is 0.308. The first-order chi connectivity index (χ1) is 16.6. The number of benzene rings is 2. The van der Waals surface area contributed by atoms with Crippen LogP contribution >= 0.6 is 0 Å². The molecule has 1 atom stereocenters. The van der Waals surface area contributed by atoms with Crippen LogP contribution in [0.2, 0.25) is 0 Å². The minimum atomic E-state index is -0.323. The molecular weight excluding hydrogens is 428 g/mol. The lowest BCUT2D eigenvalue weighted by atomic mass is 10.1. The van der Waals surface area contributed by atoms with Crippen LogP contribution in [0.1, 0.15) is 38.2 Å². The number of hydrogen-bond donors (Lipinski definition) is 2. The first kappa shape index (κ1) is 20.7. The molecule has 2 amide bonds. The highest BCUT2D eigenvalue weighted by molar-refractivity contribution is 6.09. The zero-order valence-corrected chi connectivity index (χ0v) is 19.0. The standard InChI is InChI=1S/C26H26N6O2/c1-16-25(34)32(20-7-3-2-4-8-20)22-15-27-26(30-24(22)31(16)19-9-5-6-10-19)28-18-11-12-21-17(13-18)14-23(33)29-21/h2-4,7-8,11-13,15-16,19H,5-6,9-10,14H2,1H3,(H,29,33)(H,27,28,30). The fourth-order valence-electron chi connectivity index (χ4n) is 5.33. The summed E-state index contributed by atoms with van der Waals surface area (Å²) >= 11 is 0. The number of nitrogens with zero attached hydrogens (tertiary/aromatic N) is 4. The zero-order valence-electron chi connectivity index (χ0n) is 19.0. The van der Waals surface area contributed by atoms with Gasteiger partial charge in [-0.15, -0.1) is 0 Å². The van der Waals surface area contributed by atoms with Crippen LogP contribution < -0.4 is 20.4 Å². The van der Waals surface area contributed by atoms with Gasteiger partial charge >= 0.3 is 0 Å². The van der Waals surface area contributed by atoms with Gasteiger partial charge in [-0.1, -0.05) is 31.0 Å². The Bertz CT molecular complexity index is 1270. The predicted octanol–water partition coefficient (Wildman–Crippen LogP) is 4.53. The topological polar surface area (TPSA) is 90.5 Å². The number of para-hydroxylation sites is 1. The third-order valence-electron chi connectivity index (χ3n) is 6.95. The Morgan fingerprint density at radius 2 is 1.85 bits per heavy atom. The monoisotopic (exact) mass is 454 g/mol. The van der Waals surface area contributed by atoms with Crippen LogP contribution in [0.3, 0.4) is 0 Å². The van der Waals surface area contributed by atoms with Gasteiger partial charge < -0.3 is 15.5 Å². The van der Waals surface area contributed by atoms with Crippen molar-refractivity contribution in [2.75, 3.05) is 20.4 Å². The molecule has 8 heteroatoms. The van der Waals surface area contributed by atoms with Gasteiger partial charge in [0, 0.05) is 23.1 Å². The third-order valence-corrected chi connectivity index (χ3v) is 6.95. The number of carbonyl (C=O) groups excluding carboxylic acids is 2. The van der Waals surface area contributed by atoms with Crippen LogP contribution in [-0.2, 0) is 16.0 Å². The lowest BCUT2D eigenvalue weighted by Crippen LogP contribution is -2.54. The van der Waals surface area contributed by atoms with Gasteiger partial charge in [0.05, 0.1) is 12.6 Å². The summed E-state index contributed by atoms with van der Waals surface area (Å²) in [5.41, 5.74) is 4.14. The summed E-state index contributed by atoms with van der Waals surface area (Å²) in [5, 5.41) is 6.15. The Balaban J connectivity index is 1.40. The SMILES string of the molecule is CC1C(=O)N(c2ccccc2)c2cnc(Nc3ccc4c(c3)CC(=O)N4)nc2N1C1CCCC1. The third kappa shape index (κ3) is 3.46. The van der Waals surface area contributed by atoms with Crippen LogP contribution in [0.25, 0.3) is 0 Å². The summed E-state index contributed by atoms with van der Waals surface area (Å²) in [5.74, 6) is 1.28. The second-order valence-corrected chi connectivity index (χ2v) is 9.16. The van der Waals surface area contributed by atoms with E-state index in [1.54, 1.807) is 11.1 Å². The lowest BCUT2D eigenvalue weighted by Gasteiger charge is -2.43. The van der Waals surface area contributed by atoms with Crippen molar-refractivity contribution in [1.29, 1.82) is 0 Å². The van der Waals surface area contributed by atoms with Crippen molar-refractivity contribution in [2.24, 2.45) is 0 Å². The molecule has 8 nitrogen and oxygen atoms in total. The number of fused-ring (bicyclic) bond motifs is 2. The van der Waals surface area contributed by atoms with Gasteiger partial charge in [0.2, 0.25) is 11.9 Å². The average Bonchev–Trinajstić information content (AvgIpc) is 3.49. The van der Waals surface area contributed by atoms with Crippen molar-refractivity contribution in [1.82, 2.24) is 9.97 Å². The van der Waals surface area contributed by atoms with Crippen molar-refractivity contribution in [3.8, 4) is 0 Å². The smallest absolute Gasteiger partial charge is 0.254 e. The van der Waals surface area contributed by atoms with E-state index in [1.807, 2.05) is 55.5 Å². The molecule has 3 aliphatic rings. The molecule has 172 valence electrons. The molecule has 1 aliphatic carbocycles. The molecule has 3 aromatic rings. The molecule has 0 spiro atoms. The molecule has 34 heavy (non-hydrogen) atoms. The molecule has 1 saturated carbocycles. The van der Waals surface area contributed by atoms with Crippen LogP contribution in [0.15, 0.2) is 54.7 Å². The van der Waals surface area contributed by atoms with Crippen molar-refractivity contribution in [2.45, 2.75) is 51.1 Å². The molecule has 2 aliphatic heterocycles. The molecule has 2 aromatic carbocycles. The predicted molar refractivity (Wildman–Crippen MR) is 132 cm³/mol. The second-order valence-electron chi connectivity index (χ2n) is 9.16. The zero-order chi connectivity index (χ0) is 23.2. The summed E-state index contributed by atoms with van der Waals surface area (Å²) < 4.78 is 0. The number of hydrogen-bond acceptors (Lipinski definition) is 6. The van der Waals surface area contributed by atoms with Gasteiger partial charge in [-0.2, -0.15) is 4.98 Å². The number of carbonyl (C=O) groups is 2. The first-order valence-corrected chi connectivity index (χ1v) is 11.8. The van der Waals surface area contributed by atoms with Gasteiger partial charge in [0.25, 0.3) is 5.91 Å². The van der Waals surface area contributed by atoms with Gasteiger partial charge in [0.15, 0.2) is 5.82 Å². The average molecular weight is 455 g/mol. The number of aromatic nitrogens is 2. The van der Waals surface area contributed by atoms with Crippen molar-refractivity contribution < 1.29 is 9.59 Å². The van der Waals surface area contributed by atoms with E-state index in [-0.39, 0.29) is 23.9 Å². The van der Waals surface area contributed by atoms with E-state index in [0.717, 1.165) is 54.1 Å². The van der Waals surface area contributed by atoms with E-state index in [1.165, 1.54) is 0 Å². The van der Waals surface area contributed by atoms with Crippen molar-refractivity contribution in [3.63, 3.8) is 0 Å². The molecule has 2 N–H and O–H groups in total. The molecular formula is C26H26N6O2. The summed E-state index contributed by atoms with van der Waals surface area (Å²) in [6, 6.07) is 15.4. The molecule has 6 rings (SSSR count). The van der Waals surface area contributed by atoms with Crippen molar-refractivity contribution >= 4 is 46.3 Å². The fourth-order valence-corrected chi connectivity index (χ4v) is 5.33. The number of amides is 2. The van der Waals surface area contributed by atoms with E-state index in [4.69, 9.17) is 4.98 Å². The van der Waals surface area contributed by atoms with Gasteiger partial charge in [-0.25, -0.2) is 4.98 Å². The molecule has 3 heterocycles. The second kappa shape index (κ2) is 8.13. The summed E-state index contributed by atoms with van der Waals surface area (Å²) in [4.78, 5) is 38.7. The van der Waals surface area contributed by atoms with Crippen LogP contribution in [0, 0.1) is 0 Å². The molecule has 1 fully saturated rings. The van der Waals surface area contributed by atoms with E-state index in [9.17, 15) is 9.59 Å². The van der Waals surface area contributed by atoms with E-state index in [2.05, 4.69) is 20.5 Å². The number of rotatable bonds is 4. The van der Waals surface area contributed by atoms with Gasteiger partial charge in [0.1, 0.15) is 11.7 Å². The first-order valence-electron chi connectivity index (χ1n) is 11.8. The highest BCUT2D eigenvalue weighted by Gasteiger charge is 2.41. The Labute approximate surface area is 198 Å². The number of nitrogens with one attached hydrogen (secondary N) is 2. The van der Waals surface area contributed by atoms with E-state index >= 15 is 0 Å².